The molecule has 5 nitrogen and oxygen atoms in total. The average molecular weight is 381 g/mol. The van der Waals surface area contributed by atoms with Gasteiger partial charge in [-0.25, -0.2) is 9.78 Å². The van der Waals surface area contributed by atoms with Crippen molar-refractivity contribution in [3.63, 3.8) is 0 Å². The maximum absolute atomic E-state index is 12.6. The van der Waals surface area contributed by atoms with E-state index in [-0.39, 0.29) is 17.2 Å². The lowest BCUT2D eigenvalue weighted by molar-refractivity contribution is 0.0696. The predicted octanol–water partition coefficient (Wildman–Crippen LogP) is 4.58. The monoisotopic (exact) mass is 380 g/mol. The number of anilines is 1. The number of halogens is 2. The van der Waals surface area contributed by atoms with Crippen molar-refractivity contribution < 1.29 is 14.7 Å². The fraction of sp³-hybridized carbons (Fsp3) is 0.0625. The Balaban J connectivity index is 2.25. The van der Waals surface area contributed by atoms with E-state index < -0.39 is 5.97 Å². The summed E-state index contributed by atoms with van der Waals surface area (Å²) in [5.41, 5.74) is 2.25. The second-order valence-electron chi connectivity index (χ2n) is 5.02. The standard InChI is InChI=1S/C16H10Cl2N2O3S/c1-20(15(21)12-6-24-7-19-12)13-4-9(16(22)23)2-8-3-10(17)5-11(18)14(8)13/h2-7H,1H3,(H,22,23). The Hall–Kier alpha value is -2.15. The Labute approximate surface area is 151 Å². The summed E-state index contributed by atoms with van der Waals surface area (Å²) in [6, 6.07) is 6.05. The Morgan fingerprint density at radius 2 is 1.96 bits per heavy atom. The number of nitrogens with zero attached hydrogens (tertiary/aromatic N) is 2. The number of thiazole rings is 1. The molecule has 2 aromatic carbocycles. The predicted molar refractivity (Wildman–Crippen MR) is 95.8 cm³/mol. The fourth-order valence-electron chi connectivity index (χ4n) is 2.39. The van der Waals surface area contributed by atoms with Crippen molar-refractivity contribution in [3.8, 4) is 0 Å². The highest BCUT2D eigenvalue weighted by atomic mass is 35.5. The molecular weight excluding hydrogens is 371 g/mol. The number of carbonyl (C=O) groups is 2. The fourth-order valence-corrected chi connectivity index (χ4v) is 3.53. The molecule has 24 heavy (non-hydrogen) atoms. The van der Waals surface area contributed by atoms with Crippen molar-refractivity contribution in [2.75, 3.05) is 11.9 Å². The van der Waals surface area contributed by atoms with E-state index in [1.807, 2.05) is 0 Å². The number of carboxylic acid groups (broad SMARTS) is 1. The zero-order valence-electron chi connectivity index (χ0n) is 12.3. The number of carboxylic acids is 1. The van der Waals surface area contributed by atoms with Gasteiger partial charge in [0.15, 0.2) is 0 Å². The van der Waals surface area contributed by atoms with Crippen molar-refractivity contribution in [1.29, 1.82) is 0 Å². The van der Waals surface area contributed by atoms with Gasteiger partial charge in [0, 0.05) is 22.8 Å². The normalized spacial score (nSPS) is 10.8. The third-order valence-corrected chi connectivity index (χ3v) is 4.61. The van der Waals surface area contributed by atoms with E-state index in [1.54, 1.807) is 30.1 Å². The highest BCUT2D eigenvalue weighted by molar-refractivity contribution is 7.07. The SMILES string of the molecule is CN(C(=O)c1cscn1)c1cc(C(=O)O)cc2cc(Cl)cc(Cl)c12. The van der Waals surface area contributed by atoms with Gasteiger partial charge in [-0.15, -0.1) is 11.3 Å². The van der Waals surface area contributed by atoms with Crippen LogP contribution in [0.5, 0.6) is 0 Å². The van der Waals surface area contributed by atoms with Crippen LogP contribution in [-0.2, 0) is 0 Å². The molecule has 0 saturated heterocycles. The molecule has 0 saturated carbocycles. The quantitative estimate of drug-likeness (QED) is 0.721. The molecule has 3 rings (SSSR count). The smallest absolute Gasteiger partial charge is 0.335 e. The second-order valence-corrected chi connectivity index (χ2v) is 6.59. The first-order valence-corrected chi connectivity index (χ1v) is 8.40. The number of hydrogen-bond donors (Lipinski definition) is 1. The number of carbonyl (C=O) groups excluding carboxylic acids is 1. The third-order valence-electron chi connectivity index (χ3n) is 3.51. The van der Waals surface area contributed by atoms with Crippen LogP contribution in [0.3, 0.4) is 0 Å². The van der Waals surface area contributed by atoms with Crippen LogP contribution in [0.2, 0.25) is 10.0 Å². The first-order valence-electron chi connectivity index (χ1n) is 6.71. The average Bonchev–Trinajstić information content (AvgIpc) is 3.06. The molecule has 8 heteroatoms. The van der Waals surface area contributed by atoms with Crippen LogP contribution in [-0.4, -0.2) is 29.0 Å². The van der Waals surface area contributed by atoms with Gasteiger partial charge in [0.2, 0.25) is 0 Å². The molecule has 1 aromatic heterocycles. The van der Waals surface area contributed by atoms with Gasteiger partial charge in [0.25, 0.3) is 5.91 Å². The number of aromatic nitrogens is 1. The van der Waals surface area contributed by atoms with E-state index in [1.165, 1.54) is 28.4 Å². The molecule has 0 aliphatic carbocycles. The largest absolute Gasteiger partial charge is 0.478 e. The van der Waals surface area contributed by atoms with Crippen molar-refractivity contribution in [2.24, 2.45) is 0 Å². The maximum atomic E-state index is 12.6. The molecule has 1 N–H and O–H groups in total. The van der Waals surface area contributed by atoms with E-state index in [9.17, 15) is 14.7 Å². The lowest BCUT2D eigenvalue weighted by Crippen LogP contribution is -2.27. The van der Waals surface area contributed by atoms with Gasteiger partial charge in [-0.2, -0.15) is 0 Å². The van der Waals surface area contributed by atoms with Gasteiger partial charge in [-0.3, -0.25) is 4.79 Å². The summed E-state index contributed by atoms with van der Waals surface area (Å²) in [5.74, 6) is -1.46. The topological polar surface area (TPSA) is 70.5 Å². The lowest BCUT2D eigenvalue weighted by Gasteiger charge is -2.20. The molecule has 0 radical (unpaired) electrons. The molecule has 0 fully saturated rings. The minimum Gasteiger partial charge on any atom is -0.478 e. The van der Waals surface area contributed by atoms with Gasteiger partial charge in [0.1, 0.15) is 5.69 Å². The Morgan fingerprint density at radius 3 is 2.58 bits per heavy atom. The number of amides is 1. The van der Waals surface area contributed by atoms with Crippen molar-refractivity contribution in [2.45, 2.75) is 0 Å². The van der Waals surface area contributed by atoms with Crippen LogP contribution in [0.1, 0.15) is 20.8 Å². The highest BCUT2D eigenvalue weighted by Gasteiger charge is 2.21. The molecule has 0 bridgehead atoms. The molecule has 122 valence electrons. The zero-order chi connectivity index (χ0) is 17.4. The second kappa shape index (κ2) is 6.39. The van der Waals surface area contributed by atoms with Gasteiger partial charge < -0.3 is 10.0 Å². The van der Waals surface area contributed by atoms with Crippen LogP contribution in [0.25, 0.3) is 10.8 Å². The molecule has 0 unspecified atom stereocenters. The summed E-state index contributed by atoms with van der Waals surface area (Å²) in [4.78, 5) is 29.3. The summed E-state index contributed by atoms with van der Waals surface area (Å²) < 4.78 is 0. The molecule has 0 aliphatic heterocycles. The number of rotatable bonds is 3. The number of benzene rings is 2. The number of fused-ring (bicyclic) bond motifs is 1. The van der Waals surface area contributed by atoms with E-state index in [4.69, 9.17) is 23.2 Å². The van der Waals surface area contributed by atoms with E-state index in [0.717, 1.165) is 0 Å². The summed E-state index contributed by atoms with van der Waals surface area (Å²) in [6.45, 7) is 0. The third kappa shape index (κ3) is 2.96. The highest BCUT2D eigenvalue weighted by Crippen LogP contribution is 2.36. The molecule has 1 heterocycles. The molecule has 3 aromatic rings. The molecular formula is C16H10Cl2N2O3S. The summed E-state index contributed by atoms with van der Waals surface area (Å²) in [6.07, 6.45) is 0. The van der Waals surface area contributed by atoms with Crippen LogP contribution >= 0.6 is 34.5 Å². The first kappa shape index (κ1) is 16.7. The maximum Gasteiger partial charge on any atom is 0.335 e. The number of hydrogen-bond acceptors (Lipinski definition) is 4. The van der Waals surface area contributed by atoms with Crippen molar-refractivity contribution in [3.05, 3.63) is 56.5 Å². The minimum atomic E-state index is -1.11. The minimum absolute atomic E-state index is 0.0359. The van der Waals surface area contributed by atoms with Crippen LogP contribution in [0.15, 0.2) is 35.2 Å². The summed E-state index contributed by atoms with van der Waals surface area (Å²) >= 11 is 13.6. The van der Waals surface area contributed by atoms with Gasteiger partial charge >= 0.3 is 5.97 Å². The molecule has 0 atom stereocenters. The van der Waals surface area contributed by atoms with Gasteiger partial charge in [-0.05, 0) is 29.7 Å². The lowest BCUT2D eigenvalue weighted by atomic mass is 10.0. The van der Waals surface area contributed by atoms with Crippen LogP contribution in [0.4, 0.5) is 5.69 Å². The molecule has 0 aliphatic rings. The van der Waals surface area contributed by atoms with E-state index in [2.05, 4.69) is 4.98 Å². The van der Waals surface area contributed by atoms with Crippen LogP contribution < -0.4 is 4.90 Å². The van der Waals surface area contributed by atoms with Crippen molar-refractivity contribution in [1.82, 2.24) is 4.98 Å². The number of aromatic carboxylic acids is 1. The van der Waals surface area contributed by atoms with E-state index >= 15 is 0 Å². The first-order chi connectivity index (χ1) is 11.4. The van der Waals surface area contributed by atoms with Gasteiger partial charge in [0.05, 0.1) is 21.8 Å². The van der Waals surface area contributed by atoms with Crippen molar-refractivity contribution >= 4 is 62.9 Å². The van der Waals surface area contributed by atoms with Gasteiger partial charge in [-0.1, -0.05) is 23.2 Å². The summed E-state index contributed by atoms with van der Waals surface area (Å²) in [7, 11) is 1.55. The van der Waals surface area contributed by atoms with Crippen LogP contribution in [0, 0.1) is 0 Å². The molecule has 0 spiro atoms. The molecule has 1 amide bonds. The summed E-state index contributed by atoms with van der Waals surface area (Å²) in [5, 5.41) is 12.8. The zero-order valence-corrected chi connectivity index (χ0v) is 14.6. The Bertz CT molecular complexity index is 958. The van der Waals surface area contributed by atoms with E-state index in [0.29, 0.717) is 26.5 Å². The Morgan fingerprint density at radius 1 is 1.21 bits per heavy atom. The Kier molecular flexibility index (Phi) is 4.45.